The first-order valence-corrected chi connectivity index (χ1v) is 4.65. The molecule has 0 radical (unpaired) electrons. The number of allylic oxidation sites excluding steroid dienone is 4. The summed E-state index contributed by atoms with van der Waals surface area (Å²) in [7, 11) is 0. The Morgan fingerprint density at radius 2 is 1.86 bits per heavy atom. The Kier molecular flexibility index (Phi) is 3.86. The quantitative estimate of drug-likeness (QED) is 0.401. The Hall–Kier alpha value is -1.63. The van der Waals surface area contributed by atoms with Gasteiger partial charge < -0.3 is 0 Å². The van der Waals surface area contributed by atoms with Crippen LogP contribution in [0.3, 0.4) is 0 Å². The Balaban J connectivity index is 2.86. The fourth-order valence-electron chi connectivity index (χ4n) is 1.13. The monoisotopic (exact) mass is 186 g/mol. The summed E-state index contributed by atoms with van der Waals surface area (Å²) in [6.07, 6.45) is 5.60. The molecule has 0 heterocycles. The van der Waals surface area contributed by atoms with Crippen molar-refractivity contribution < 1.29 is 4.79 Å². The molecule has 0 aromatic heterocycles. The summed E-state index contributed by atoms with van der Waals surface area (Å²) in [6, 6.07) is 9.30. The summed E-state index contributed by atoms with van der Waals surface area (Å²) in [5.74, 6) is 0.0868. The topological polar surface area (TPSA) is 17.1 Å². The molecule has 1 rings (SSSR count). The number of ketones is 1. The van der Waals surface area contributed by atoms with Crippen LogP contribution < -0.4 is 0 Å². The maximum Gasteiger partial charge on any atom is 0.188 e. The minimum absolute atomic E-state index is 0.0868. The lowest BCUT2D eigenvalue weighted by Crippen LogP contribution is -1.99. The number of benzene rings is 1. The molecular formula is C13H14O. The summed E-state index contributed by atoms with van der Waals surface area (Å²) < 4.78 is 0. The molecule has 0 N–H and O–H groups in total. The molecule has 14 heavy (non-hydrogen) atoms. The minimum Gasteiger partial charge on any atom is -0.289 e. The summed E-state index contributed by atoms with van der Waals surface area (Å²) in [6.45, 7) is 3.76. The van der Waals surface area contributed by atoms with E-state index in [1.54, 1.807) is 0 Å². The van der Waals surface area contributed by atoms with E-state index in [1.807, 2.05) is 62.4 Å². The SMILES string of the molecule is C/C=C\C=C(/C)C(=O)c1ccccc1. The molecule has 0 atom stereocenters. The van der Waals surface area contributed by atoms with Crippen LogP contribution in [0.25, 0.3) is 0 Å². The smallest absolute Gasteiger partial charge is 0.188 e. The van der Waals surface area contributed by atoms with Crippen molar-refractivity contribution in [3.05, 3.63) is 59.7 Å². The van der Waals surface area contributed by atoms with Gasteiger partial charge in [-0.2, -0.15) is 0 Å². The van der Waals surface area contributed by atoms with Gasteiger partial charge in [0.25, 0.3) is 0 Å². The molecule has 0 amide bonds. The van der Waals surface area contributed by atoms with Crippen molar-refractivity contribution in [1.82, 2.24) is 0 Å². The van der Waals surface area contributed by atoms with Crippen molar-refractivity contribution in [3.63, 3.8) is 0 Å². The van der Waals surface area contributed by atoms with E-state index in [-0.39, 0.29) is 5.78 Å². The van der Waals surface area contributed by atoms with E-state index in [0.717, 1.165) is 11.1 Å². The lowest BCUT2D eigenvalue weighted by atomic mass is 10.0. The molecule has 0 fully saturated rings. The van der Waals surface area contributed by atoms with E-state index in [2.05, 4.69) is 0 Å². The average Bonchev–Trinajstić information content (AvgIpc) is 2.26. The molecular weight excluding hydrogens is 172 g/mol. The maximum absolute atomic E-state index is 11.7. The summed E-state index contributed by atoms with van der Waals surface area (Å²) >= 11 is 0. The van der Waals surface area contributed by atoms with Crippen molar-refractivity contribution in [3.8, 4) is 0 Å². The molecule has 1 heteroatoms. The van der Waals surface area contributed by atoms with E-state index in [9.17, 15) is 4.79 Å². The van der Waals surface area contributed by atoms with Crippen LogP contribution >= 0.6 is 0 Å². The zero-order chi connectivity index (χ0) is 10.4. The van der Waals surface area contributed by atoms with E-state index in [4.69, 9.17) is 0 Å². The second-order valence-electron chi connectivity index (χ2n) is 3.07. The first-order chi connectivity index (χ1) is 6.75. The van der Waals surface area contributed by atoms with E-state index >= 15 is 0 Å². The van der Waals surface area contributed by atoms with Crippen molar-refractivity contribution >= 4 is 5.78 Å². The molecule has 0 aliphatic rings. The molecule has 0 spiro atoms. The standard InChI is InChI=1S/C13H14O/c1-3-4-8-11(2)13(14)12-9-6-5-7-10-12/h3-10H,1-2H3/b4-3-,11-8+. The number of carbonyl (C=O) groups excluding carboxylic acids is 1. The van der Waals surface area contributed by atoms with Crippen LogP contribution in [0, 0.1) is 0 Å². The van der Waals surface area contributed by atoms with Crippen LogP contribution in [-0.2, 0) is 0 Å². The number of hydrogen-bond acceptors (Lipinski definition) is 1. The summed E-state index contributed by atoms with van der Waals surface area (Å²) in [5.41, 5.74) is 1.50. The fourth-order valence-corrected chi connectivity index (χ4v) is 1.13. The normalized spacial score (nSPS) is 12.0. The zero-order valence-electron chi connectivity index (χ0n) is 8.53. The highest BCUT2D eigenvalue weighted by molar-refractivity contribution is 6.08. The predicted molar refractivity (Wildman–Crippen MR) is 59.3 cm³/mol. The summed E-state index contributed by atoms with van der Waals surface area (Å²) in [4.78, 5) is 11.7. The van der Waals surface area contributed by atoms with Crippen molar-refractivity contribution in [2.45, 2.75) is 13.8 Å². The fraction of sp³-hybridized carbons (Fsp3) is 0.154. The zero-order valence-corrected chi connectivity index (χ0v) is 8.53. The summed E-state index contributed by atoms with van der Waals surface area (Å²) in [5, 5.41) is 0. The van der Waals surface area contributed by atoms with Crippen LogP contribution in [0.2, 0.25) is 0 Å². The van der Waals surface area contributed by atoms with Gasteiger partial charge in [-0.3, -0.25) is 4.79 Å². The van der Waals surface area contributed by atoms with Gasteiger partial charge in [0.1, 0.15) is 0 Å². The number of Topliss-reactive ketones (excluding diaryl/α,β-unsaturated/α-hetero) is 1. The van der Waals surface area contributed by atoms with Crippen LogP contribution in [0.1, 0.15) is 24.2 Å². The Labute approximate surface area is 84.8 Å². The highest BCUT2D eigenvalue weighted by atomic mass is 16.1. The van der Waals surface area contributed by atoms with E-state index < -0.39 is 0 Å². The molecule has 1 nitrogen and oxygen atoms in total. The van der Waals surface area contributed by atoms with Gasteiger partial charge in [0, 0.05) is 5.56 Å². The molecule has 0 unspecified atom stereocenters. The molecule has 72 valence electrons. The van der Waals surface area contributed by atoms with Crippen molar-refractivity contribution in [2.24, 2.45) is 0 Å². The molecule has 0 aliphatic heterocycles. The Morgan fingerprint density at radius 1 is 1.21 bits per heavy atom. The maximum atomic E-state index is 11.7. The molecule has 0 aliphatic carbocycles. The third-order valence-corrected chi connectivity index (χ3v) is 1.93. The lowest BCUT2D eigenvalue weighted by molar-refractivity contribution is 0.103. The molecule has 1 aromatic rings. The highest BCUT2D eigenvalue weighted by Crippen LogP contribution is 2.07. The number of carbonyl (C=O) groups is 1. The largest absolute Gasteiger partial charge is 0.289 e. The highest BCUT2D eigenvalue weighted by Gasteiger charge is 2.05. The third-order valence-electron chi connectivity index (χ3n) is 1.93. The van der Waals surface area contributed by atoms with Crippen molar-refractivity contribution in [2.75, 3.05) is 0 Å². The van der Waals surface area contributed by atoms with Gasteiger partial charge in [-0.25, -0.2) is 0 Å². The number of rotatable bonds is 3. The van der Waals surface area contributed by atoms with Crippen LogP contribution in [0.15, 0.2) is 54.1 Å². The first-order valence-electron chi connectivity index (χ1n) is 4.65. The van der Waals surface area contributed by atoms with Crippen LogP contribution in [-0.4, -0.2) is 5.78 Å². The first kappa shape index (κ1) is 10.5. The molecule has 0 bridgehead atoms. The molecule has 0 saturated heterocycles. The second-order valence-corrected chi connectivity index (χ2v) is 3.07. The van der Waals surface area contributed by atoms with Gasteiger partial charge in [-0.15, -0.1) is 0 Å². The van der Waals surface area contributed by atoms with Crippen LogP contribution in [0.4, 0.5) is 0 Å². The van der Waals surface area contributed by atoms with Gasteiger partial charge in [0.15, 0.2) is 5.78 Å². The molecule has 0 saturated carbocycles. The van der Waals surface area contributed by atoms with Gasteiger partial charge in [0.05, 0.1) is 0 Å². The van der Waals surface area contributed by atoms with Crippen molar-refractivity contribution in [1.29, 1.82) is 0 Å². The van der Waals surface area contributed by atoms with Gasteiger partial charge in [-0.05, 0) is 19.4 Å². The minimum atomic E-state index is 0.0868. The number of hydrogen-bond donors (Lipinski definition) is 0. The third kappa shape index (κ3) is 2.70. The van der Waals surface area contributed by atoms with E-state index in [1.165, 1.54) is 0 Å². The second kappa shape index (κ2) is 5.18. The Morgan fingerprint density at radius 3 is 2.43 bits per heavy atom. The lowest BCUT2D eigenvalue weighted by Gasteiger charge is -1.98. The average molecular weight is 186 g/mol. The molecule has 1 aromatic carbocycles. The van der Waals surface area contributed by atoms with E-state index in [0.29, 0.717) is 0 Å². The van der Waals surface area contributed by atoms with Gasteiger partial charge >= 0.3 is 0 Å². The van der Waals surface area contributed by atoms with Gasteiger partial charge in [-0.1, -0.05) is 48.6 Å². The predicted octanol–water partition coefficient (Wildman–Crippen LogP) is 3.39. The van der Waals surface area contributed by atoms with Crippen LogP contribution in [0.5, 0.6) is 0 Å². The Bertz CT molecular complexity index is 358. The van der Waals surface area contributed by atoms with Gasteiger partial charge in [0.2, 0.25) is 0 Å².